The number of nitrogens with zero attached hydrogens (tertiary/aromatic N) is 3. The first-order valence-electron chi connectivity index (χ1n) is 9.05. The molecule has 0 radical (unpaired) electrons. The minimum Gasteiger partial charge on any atom is -0.383 e. The number of aromatic nitrogens is 3. The van der Waals surface area contributed by atoms with Crippen LogP contribution in [0.15, 0.2) is 53.7 Å². The molecule has 0 N–H and O–H groups in total. The quantitative estimate of drug-likeness (QED) is 0.371. The molecule has 0 amide bonds. The van der Waals surface area contributed by atoms with Crippen molar-refractivity contribution in [3.8, 4) is 11.4 Å². The lowest BCUT2D eigenvalue weighted by molar-refractivity contribution is 0.102. The lowest BCUT2D eigenvalue weighted by atomic mass is 10.1. The standard InChI is InChI=1S/C21H22ClN3O2S/c1-3-15-4-6-16(7-5-15)19(26)14-28-21-24-23-20(25(21)12-13-27-2)17-8-10-18(22)11-9-17/h4-11H,3,12-14H2,1-2H3. The van der Waals surface area contributed by atoms with Gasteiger partial charge in [-0.3, -0.25) is 9.36 Å². The minimum atomic E-state index is 0.0713. The molecule has 0 spiro atoms. The van der Waals surface area contributed by atoms with E-state index in [0.29, 0.717) is 34.6 Å². The lowest BCUT2D eigenvalue weighted by Gasteiger charge is -2.09. The van der Waals surface area contributed by atoms with Gasteiger partial charge in [0.25, 0.3) is 0 Å². The van der Waals surface area contributed by atoms with Crippen LogP contribution in [0.5, 0.6) is 0 Å². The largest absolute Gasteiger partial charge is 0.383 e. The fourth-order valence-corrected chi connectivity index (χ4v) is 3.72. The van der Waals surface area contributed by atoms with Crippen molar-refractivity contribution in [2.24, 2.45) is 0 Å². The zero-order valence-corrected chi connectivity index (χ0v) is 17.5. The van der Waals surface area contributed by atoms with E-state index in [0.717, 1.165) is 17.8 Å². The topological polar surface area (TPSA) is 57.0 Å². The first-order valence-corrected chi connectivity index (χ1v) is 10.4. The molecule has 0 aliphatic rings. The third-order valence-corrected chi connectivity index (χ3v) is 5.57. The van der Waals surface area contributed by atoms with Crippen molar-refractivity contribution < 1.29 is 9.53 Å². The average Bonchev–Trinajstić information content (AvgIpc) is 3.13. The van der Waals surface area contributed by atoms with Crippen LogP contribution in [0.4, 0.5) is 0 Å². The van der Waals surface area contributed by atoms with E-state index in [2.05, 4.69) is 17.1 Å². The maximum atomic E-state index is 12.5. The number of ether oxygens (including phenoxy) is 1. The summed E-state index contributed by atoms with van der Waals surface area (Å²) < 4.78 is 7.20. The molecule has 0 fully saturated rings. The van der Waals surface area contributed by atoms with Gasteiger partial charge in [-0.25, -0.2) is 0 Å². The Morgan fingerprint density at radius 1 is 1.11 bits per heavy atom. The Labute approximate surface area is 174 Å². The molecule has 0 aliphatic heterocycles. The maximum Gasteiger partial charge on any atom is 0.192 e. The normalized spacial score (nSPS) is 11.0. The summed E-state index contributed by atoms with van der Waals surface area (Å²) in [5.41, 5.74) is 2.85. The van der Waals surface area contributed by atoms with Crippen LogP contribution in [0.25, 0.3) is 11.4 Å². The molecule has 0 saturated carbocycles. The van der Waals surface area contributed by atoms with E-state index in [1.54, 1.807) is 7.11 Å². The number of carbonyl (C=O) groups is 1. The van der Waals surface area contributed by atoms with Gasteiger partial charge in [0.05, 0.1) is 18.9 Å². The van der Waals surface area contributed by atoms with Crippen molar-refractivity contribution in [1.82, 2.24) is 14.8 Å². The molecule has 1 aromatic heterocycles. The zero-order chi connectivity index (χ0) is 19.9. The molecule has 1 heterocycles. The van der Waals surface area contributed by atoms with Crippen molar-refractivity contribution in [2.45, 2.75) is 25.0 Å². The van der Waals surface area contributed by atoms with Gasteiger partial charge in [0.15, 0.2) is 16.8 Å². The number of hydrogen-bond acceptors (Lipinski definition) is 5. The summed E-state index contributed by atoms with van der Waals surface area (Å²) in [6.07, 6.45) is 0.958. The number of ketones is 1. The van der Waals surface area contributed by atoms with Crippen molar-refractivity contribution >= 4 is 29.1 Å². The molecule has 2 aromatic carbocycles. The summed E-state index contributed by atoms with van der Waals surface area (Å²) >= 11 is 7.37. The third-order valence-electron chi connectivity index (χ3n) is 4.35. The van der Waals surface area contributed by atoms with E-state index in [-0.39, 0.29) is 5.78 Å². The Morgan fingerprint density at radius 2 is 1.82 bits per heavy atom. The number of carbonyl (C=O) groups excluding carboxylic acids is 1. The predicted octanol–water partition coefficient (Wildman–Crippen LogP) is 4.78. The van der Waals surface area contributed by atoms with E-state index in [1.807, 2.05) is 53.1 Å². The highest BCUT2D eigenvalue weighted by Crippen LogP contribution is 2.25. The number of benzene rings is 2. The second kappa shape index (κ2) is 9.87. The molecule has 0 unspecified atom stereocenters. The predicted molar refractivity (Wildman–Crippen MR) is 113 cm³/mol. The molecule has 0 bridgehead atoms. The van der Waals surface area contributed by atoms with Crippen LogP contribution in [0.3, 0.4) is 0 Å². The van der Waals surface area contributed by atoms with Crippen molar-refractivity contribution in [3.05, 3.63) is 64.7 Å². The Bertz CT molecular complexity index is 924. The van der Waals surface area contributed by atoms with Crippen LogP contribution < -0.4 is 0 Å². The van der Waals surface area contributed by atoms with E-state index in [4.69, 9.17) is 16.3 Å². The van der Waals surface area contributed by atoms with Crippen LogP contribution in [0.1, 0.15) is 22.8 Å². The molecule has 28 heavy (non-hydrogen) atoms. The highest BCUT2D eigenvalue weighted by atomic mass is 35.5. The Kier molecular flexibility index (Phi) is 7.25. The summed E-state index contributed by atoms with van der Waals surface area (Å²) in [6.45, 7) is 3.22. The molecule has 0 atom stereocenters. The SMILES string of the molecule is CCc1ccc(C(=O)CSc2nnc(-c3ccc(Cl)cc3)n2CCOC)cc1. The fraction of sp³-hybridized carbons (Fsp3) is 0.286. The minimum absolute atomic E-state index is 0.0713. The monoisotopic (exact) mass is 415 g/mol. The smallest absolute Gasteiger partial charge is 0.192 e. The maximum absolute atomic E-state index is 12.5. The number of hydrogen-bond donors (Lipinski definition) is 0. The van der Waals surface area contributed by atoms with Gasteiger partial charge >= 0.3 is 0 Å². The van der Waals surface area contributed by atoms with Gasteiger partial charge in [0.2, 0.25) is 0 Å². The van der Waals surface area contributed by atoms with Crippen LogP contribution in [-0.4, -0.2) is 40.0 Å². The molecule has 0 aliphatic carbocycles. The molecule has 7 heteroatoms. The van der Waals surface area contributed by atoms with E-state index in [1.165, 1.54) is 17.3 Å². The van der Waals surface area contributed by atoms with Gasteiger partial charge in [-0.15, -0.1) is 10.2 Å². The van der Waals surface area contributed by atoms with Gasteiger partial charge < -0.3 is 4.74 Å². The number of thioether (sulfide) groups is 1. The van der Waals surface area contributed by atoms with E-state index >= 15 is 0 Å². The van der Waals surface area contributed by atoms with Gasteiger partial charge in [-0.05, 0) is 36.2 Å². The van der Waals surface area contributed by atoms with E-state index in [9.17, 15) is 4.79 Å². The molecule has 3 aromatic rings. The molecular weight excluding hydrogens is 394 g/mol. The van der Waals surface area contributed by atoms with Crippen molar-refractivity contribution in [2.75, 3.05) is 19.5 Å². The summed E-state index contributed by atoms with van der Waals surface area (Å²) in [6, 6.07) is 15.2. The number of methoxy groups -OCH3 is 1. The highest BCUT2D eigenvalue weighted by molar-refractivity contribution is 7.99. The first kappa shape index (κ1) is 20.6. The fourth-order valence-electron chi connectivity index (χ4n) is 2.73. The number of Topliss-reactive ketones (excluding diaryl/α,β-unsaturated/α-hetero) is 1. The number of halogens is 1. The molecule has 0 saturated heterocycles. The highest BCUT2D eigenvalue weighted by Gasteiger charge is 2.16. The Morgan fingerprint density at radius 3 is 2.46 bits per heavy atom. The van der Waals surface area contributed by atoms with Crippen molar-refractivity contribution in [1.29, 1.82) is 0 Å². The lowest BCUT2D eigenvalue weighted by Crippen LogP contribution is -2.09. The first-order chi connectivity index (χ1) is 13.6. The van der Waals surface area contributed by atoms with Gasteiger partial charge in [-0.1, -0.05) is 54.6 Å². The average molecular weight is 416 g/mol. The third kappa shape index (κ3) is 5.01. The van der Waals surface area contributed by atoms with Gasteiger partial charge in [0, 0.05) is 23.3 Å². The number of aryl methyl sites for hydroxylation is 1. The summed E-state index contributed by atoms with van der Waals surface area (Å²) in [5.74, 6) is 1.11. The van der Waals surface area contributed by atoms with Crippen LogP contribution >= 0.6 is 23.4 Å². The van der Waals surface area contributed by atoms with Crippen molar-refractivity contribution in [3.63, 3.8) is 0 Å². The summed E-state index contributed by atoms with van der Waals surface area (Å²) in [5, 5.41) is 9.98. The van der Waals surface area contributed by atoms with Crippen LogP contribution in [0.2, 0.25) is 5.02 Å². The second-order valence-corrected chi connectivity index (χ2v) is 7.60. The van der Waals surface area contributed by atoms with Gasteiger partial charge in [0.1, 0.15) is 0 Å². The zero-order valence-electron chi connectivity index (χ0n) is 15.9. The second-order valence-electron chi connectivity index (χ2n) is 6.22. The molecule has 146 valence electrons. The van der Waals surface area contributed by atoms with E-state index < -0.39 is 0 Å². The number of rotatable bonds is 9. The summed E-state index contributed by atoms with van der Waals surface area (Å²) in [7, 11) is 1.66. The molecular formula is C21H22ClN3O2S. The molecule has 3 rings (SSSR count). The van der Waals surface area contributed by atoms with Gasteiger partial charge in [-0.2, -0.15) is 0 Å². The molecule has 5 nitrogen and oxygen atoms in total. The van der Waals surface area contributed by atoms with Crippen LogP contribution in [0, 0.1) is 0 Å². The van der Waals surface area contributed by atoms with Crippen LogP contribution in [-0.2, 0) is 17.7 Å². The summed E-state index contributed by atoms with van der Waals surface area (Å²) in [4.78, 5) is 12.5. The Balaban J connectivity index is 1.76. The Hall–Kier alpha value is -2.15.